The molecule has 0 aliphatic carbocycles. The molecule has 6 heteroatoms. The fourth-order valence-corrected chi connectivity index (χ4v) is 1.75. The van der Waals surface area contributed by atoms with Crippen LogP contribution in [0.15, 0.2) is 24.3 Å². The van der Waals surface area contributed by atoms with Crippen LogP contribution in [0.3, 0.4) is 0 Å². The molecule has 1 heterocycles. The van der Waals surface area contributed by atoms with Crippen molar-refractivity contribution in [2.45, 2.75) is 0 Å². The summed E-state index contributed by atoms with van der Waals surface area (Å²) >= 11 is 0. The minimum absolute atomic E-state index is 0.166. The fourth-order valence-electron chi connectivity index (χ4n) is 1.13. The summed E-state index contributed by atoms with van der Waals surface area (Å²) in [4.78, 5) is 11.8. The number of hydrogen-bond acceptors (Lipinski definition) is 3. The minimum Gasteiger partial charge on any atom is -0.259 e. The summed E-state index contributed by atoms with van der Waals surface area (Å²) in [6.45, 7) is 0. The van der Waals surface area contributed by atoms with Gasteiger partial charge in [-0.15, -0.1) is 5.10 Å². The predicted molar refractivity (Wildman–Crippen MR) is 59.9 cm³/mol. The Balaban J connectivity index is 2.58. The molecular formula is C8H8N3OPS. The molecule has 0 saturated carbocycles. The molecule has 0 aliphatic heterocycles. The van der Waals surface area contributed by atoms with E-state index in [1.807, 2.05) is 12.1 Å². The van der Waals surface area contributed by atoms with Crippen molar-refractivity contribution < 1.29 is 4.79 Å². The fraction of sp³-hybridized carbons (Fsp3) is 0.125. The standard InChI is InChI=1S/C8H8N3OPS/c1-14(13)8(12)11-7-5-3-2-4-6(7)9-10-11/h2-5,13H,1H3/i13D. The number of nitrogens with zero attached hydrogens (tertiary/aromatic N) is 3. The van der Waals surface area contributed by atoms with E-state index in [2.05, 4.69) is 10.3 Å². The first-order valence-corrected chi connectivity index (χ1v) is 6.58. The van der Waals surface area contributed by atoms with Crippen LogP contribution in [-0.4, -0.2) is 27.8 Å². The molecule has 4 nitrogen and oxygen atoms in total. The minimum atomic E-state index is -0.647. The van der Waals surface area contributed by atoms with Crippen LogP contribution in [0.25, 0.3) is 11.0 Å². The van der Waals surface area contributed by atoms with Gasteiger partial charge in [0.25, 0.3) is 0 Å². The highest BCUT2D eigenvalue weighted by Gasteiger charge is 2.10. The second-order valence-corrected chi connectivity index (χ2v) is 5.68. The Bertz CT molecular complexity index is 554. The molecular weight excluding hydrogens is 217 g/mol. The van der Waals surface area contributed by atoms with E-state index in [-0.39, 0.29) is 5.24 Å². The average Bonchev–Trinajstić information content (AvgIpc) is 2.70. The van der Waals surface area contributed by atoms with E-state index in [4.69, 9.17) is 1.28 Å². The molecule has 0 bridgehead atoms. The van der Waals surface area contributed by atoms with Crippen LogP contribution in [0.1, 0.15) is 0 Å². The maximum absolute atomic E-state index is 11.8. The molecule has 2 rings (SSSR count). The first-order chi connectivity index (χ1) is 7.24. The number of aromatic nitrogens is 3. The Kier molecular flexibility index (Phi) is 2.12. The lowest BCUT2D eigenvalue weighted by Gasteiger charge is -1.98. The number of carbonyl (C=O) groups is 1. The Morgan fingerprint density at radius 3 is 3.21 bits per heavy atom. The molecule has 72 valence electrons. The van der Waals surface area contributed by atoms with Crippen molar-refractivity contribution in [2.24, 2.45) is 0 Å². The van der Waals surface area contributed by atoms with Gasteiger partial charge >= 0.3 is 5.24 Å². The van der Waals surface area contributed by atoms with Crippen molar-refractivity contribution in [1.82, 2.24) is 15.0 Å². The van der Waals surface area contributed by atoms with Crippen LogP contribution in [0.5, 0.6) is 0 Å². The summed E-state index contributed by atoms with van der Waals surface area (Å²) in [5.74, 6) is 0. The number of hydrogen-bond donors (Lipinski definition) is 0. The summed E-state index contributed by atoms with van der Waals surface area (Å²) in [7, 11) is -0.327. The molecule has 14 heavy (non-hydrogen) atoms. The Hall–Kier alpha value is -1.06. The van der Waals surface area contributed by atoms with Gasteiger partial charge in [-0.25, -0.2) is 0 Å². The molecule has 1 aromatic heterocycles. The average molecular weight is 226 g/mol. The highest BCUT2D eigenvalue weighted by Crippen LogP contribution is 2.10. The lowest BCUT2D eigenvalue weighted by Crippen LogP contribution is -2.14. The Morgan fingerprint density at radius 2 is 2.43 bits per heavy atom. The van der Waals surface area contributed by atoms with Crippen LogP contribution >= 0.6 is 7.96 Å². The van der Waals surface area contributed by atoms with Gasteiger partial charge in [-0.2, -0.15) is 4.68 Å². The first kappa shape index (κ1) is 8.26. The highest BCUT2D eigenvalue weighted by atomic mass is 32.5. The van der Waals surface area contributed by atoms with Crippen molar-refractivity contribution in [1.29, 1.82) is 1.28 Å². The SMILES string of the molecule is [2H]/P=S(\C)C(=O)n1nnc2ccccc21. The van der Waals surface area contributed by atoms with Gasteiger partial charge in [-0.3, -0.25) is 4.79 Å². The van der Waals surface area contributed by atoms with E-state index in [1.165, 1.54) is 4.68 Å². The third-order valence-corrected chi connectivity index (χ3v) is 2.92. The third-order valence-electron chi connectivity index (χ3n) is 1.78. The third kappa shape index (κ3) is 1.49. The molecule has 1 atom stereocenters. The van der Waals surface area contributed by atoms with Gasteiger partial charge in [0.15, 0.2) is 0 Å². The Labute approximate surface area is 86.4 Å². The second kappa shape index (κ2) is 3.59. The van der Waals surface area contributed by atoms with Gasteiger partial charge in [0, 0.05) is 0 Å². The molecule has 1 aromatic carbocycles. The van der Waals surface area contributed by atoms with Gasteiger partial charge < -0.3 is 0 Å². The zero-order valence-electron chi connectivity index (χ0n) is 8.41. The van der Waals surface area contributed by atoms with Gasteiger partial charge in [0.1, 0.15) is 5.52 Å². The summed E-state index contributed by atoms with van der Waals surface area (Å²) in [5, 5.41) is 7.52. The number of fused-ring (bicyclic) bond motifs is 1. The lowest BCUT2D eigenvalue weighted by molar-refractivity contribution is 0.260. The van der Waals surface area contributed by atoms with E-state index in [1.54, 1.807) is 18.4 Å². The van der Waals surface area contributed by atoms with Crippen molar-refractivity contribution in [3.63, 3.8) is 0 Å². The molecule has 0 aliphatic rings. The normalized spacial score (nSPS) is 14.2. The molecule has 1 unspecified atom stereocenters. The van der Waals surface area contributed by atoms with Crippen molar-refractivity contribution in [3.8, 4) is 0 Å². The van der Waals surface area contributed by atoms with Crippen LogP contribution in [0, 0.1) is 0 Å². The van der Waals surface area contributed by atoms with Crippen molar-refractivity contribution in [2.75, 3.05) is 6.26 Å². The van der Waals surface area contributed by atoms with E-state index in [0.29, 0.717) is 19.0 Å². The van der Waals surface area contributed by atoms with E-state index < -0.39 is 10.1 Å². The maximum Gasteiger partial charge on any atom is 0.305 e. The van der Waals surface area contributed by atoms with Crippen LogP contribution in [-0.2, 0) is 10.1 Å². The molecule has 0 fully saturated rings. The zero-order chi connectivity index (χ0) is 10.8. The number of benzene rings is 1. The molecule has 0 spiro atoms. The predicted octanol–water partition coefficient (Wildman–Crippen LogP) is 1.71. The largest absolute Gasteiger partial charge is 0.305 e. The summed E-state index contributed by atoms with van der Waals surface area (Å²) in [5.41, 5.74) is 1.40. The van der Waals surface area contributed by atoms with Gasteiger partial charge in [-0.1, -0.05) is 35.4 Å². The zero-order valence-corrected chi connectivity index (χ0v) is 9.13. The molecule has 2 aromatic rings. The lowest BCUT2D eigenvalue weighted by atomic mass is 10.3. The Morgan fingerprint density at radius 1 is 1.64 bits per heavy atom. The van der Waals surface area contributed by atoms with Gasteiger partial charge in [0.05, 0.1) is 6.80 Å². The quantitative estimate of drug-likeness (QED) is 0.642. The smallest absolute Gasteiger partial charge is 0.259 e. The van der Waals surface area contributed by atoms with Crippen molar-refractivity contribution in [3.05, 3.63) is 24.3 Å². The molecule has 0 saturated heterocycles. The maximum atomic E-state index is 11.8. The van der Waals surface area contributed by atoms with Gasteiger partial charge in [0.2, 0.25) is 0 Å². The topological polar surface area (TPSA) is 47.8 Å². The van der Waals surface area contributed by atoms with E-state index in [9.17, 15) is 4.79 Å². The molecule has 0 N–H and O–H groups in total. The van der Waals surface area contributed by atoms with Crippen LogP contribution in [0.2, 0.25) is 0 Å². The monoisotopic (exact) mass is 226 g/mol. The van der Waals surface area contributed by atoms with Gasteiger partial charge in [-0.05, 0) is 18.4 Å². The molecule has 0 radical (unpaired) electrons. The van der Waals surface area contributed by atoms with Crippen molar-refractivity contribution >= 4 is 34.3 Å². The molecule has 0 amide bonds. The number of para-hydroxylation sites is 1. The number of rotatable bonds is 0. The van der Waals surface area contributed by atoms with Crippen LogP contribution in [0.4, 0.5) is 4.79 Å². The first-order valence-electron chi connectivity index (χ1n) is 4.34. The summed E-state index contributed by atoms with van der Waals surface area (Å²) in [6.07, 6.45) is 1.73. The number of carbonyl (C=O) groups excluding carboxylic acids is 1. The highest BCUT2D eigenvalue weighted by molar-refractivity contribution is 8.25. The second-order valence-electron chi connectivity index (χ2n) is 2.73. The summed E-state index contributed by atoms with van der Waals surface area (Å²) < 4.78 is 8.43. The summed E-state index contributed by atoms with van der Waals surface area (Å²) in [6, 6.07) is 7.28. The van der Waals surface area contributed by atoms with Crippen LogP contribution < -0.4 is 0 Å². The van der Waals surface area contributed by atoms with E-state index in [0.717, 1.165) is 0 Å². The van der Waals surface area contributed by atoms with E-state index >= 15 is 0 Å².